The molecule has 0 aromatic rings. The van der Waals surface area contributed by atoms with Crippen LogP contribution in [0.3, 0.4) is 0 Å². The molecule has 0 heterocycles. The summed E-state index contributed by atoms with van der Waals surface area (Å²) in [5.41, 5.74) is 0. The van der Waals surface area contributed by atoms with Crippen LogP contribution in [0.4, 0.5) is 0 Å². The van der Waals surface area contributed by atoms with Gasteiger partial charge in [-0.25, -0.2) is 4.57 Å². The molecule has 0 saturated carbocycles. The van der Waals surface area contributed by atoms with E-state index in [0.29, 0.717) is 43.1 Å². The smallest absolute Gasteiger partial charge is 0.462 e. The maximum absolute atomic E-state index is 12.7. The molecule has 0 bridgehead atoms. The van der Waals surface area contributed by atoms with E-state index < -0.39 is 44.7 Å². The van der Waals surface area contributed by atoms with Crippen LogP contribution in [0, 0.1) is 0 Å². The Morgan fingerprint density at radius 2 is 1.09 bits per heavy atom. The number of hydrogen-bond donors (Lipinski definition) is 3. The van der Waals surface area contributed by atoms with Crippen LogP contribution in [0.1, 0.15) is 194 Å². The SMILES string of the molecule is CC/C=C\C[C@H](O)/C=C/C=C\C/C=C\C=C\[C@H](O)/C=C\CCCC(=O)O[C@H](COC(=O)CCCCCCCCCCCCCCCCCCCCCCC)COP(=O)(O)OCC[N+](C)(C)C. The van der Waals surface area contributed by atoms with Gasteiger partial charge in [0.2, 0.25) is 0 Å². The zero-order valence-electron chi connectivity index (χ0n) is 42.4. The van der Waals surface area contributed by atoms with Crippen molar-refractivity contribution in [3.05, 3.63) is 72.9 Å². The number of esters is 2. The number of phosphoric ester groups is 1. The van der Waals surface area contributed by atoms with Gasteiger partial charge in [-0.1, -0.05) is 215 Å². The number of aliphatic hydroxyl groups is 2. The second kappa shape index (κ2) is 44.9. The minimum absolute atomic E-state index is 0.00840. The molecule has 12 heteroatoms. The first-order chi connectivity index (χ1) is 31.8. The molecular formula is C54H97NO10P+. The number of quaternary nitrogens is 1. The topological polar surface area (TPSA) is 149 Å². The first-order valence-electron chi connectivity index (χ1n) is 25.9. The van der Waals surface area contributed by atoms with Crippen molar-refractivity contribution in [2.45, 2.75) is 212 Å². The predicted molar refractivity (Wildman–Crippen MR) is 273 cm³/mol. The lowest BCUT2D eigenvalue weighted by molar-refractivity contribution is -0.870. The molecule has 3 N–H and O–H groups in total. The molecule has 0 amide bonds. The molecule has 0 aromatic carbocycles. The lowest BCUT2D eigenvalue weighted by Crippen LogP contribution is -2.37. The molecule has 0 rings (SSSR count). The van der Waals surface area contributed by atoms with E-state index in [-0.39, 0.29) is 26.1 Å². The number of ether oxygens (including phenoxy) is 2. The van der Waals surface area contributed by atoms with Crippen molar-refractivity contribution in [3.8, 4) is 0 Å². The fraction of sp³-hybridized carbons (Fsp3) is 0.741. The Morgan fingerprint density at radius 3 is 1.62 bits per heavy atom. The van der Waals surface area contributed by atoms with Gasteiger partial charge in [0.1, 0.15) is 19.8 Å². The number of phosphoric acid groups is 1. The van der Waals surface area contributed by atoms with Crippen LogP contribution in [0.2, 0.25) is 0 Å². The maximum Gasteiger partial charge on any atom is 0.472 e. The van der Waals surface area contributed by atoms with E-state index in [4.69, 9.17) is 18.5 Å². The van der Waals surface area contributed by atoms with Crippen LogP contribution < -0.4 is 0 Å². The van der Waals surface area contributed by atoms with Crippen molar-refractivity contribution in [2.24, 2.45) is 0 Å². The normalized spacial score (nSPS) is 15.0. The first-order valence-corrected chi connectivity index (χ1v) is 27.4. The number of carbonyl (C=O) groups is 2. The molecule has 0 radical (unpaired) electrons. The third-order valence-electron chi connectivity index (χ3n) is 10.9. The lowest BCUT2D eigenvalue weighted by atomic mass is 10.0. The van der Waals surface area contributed by atoms with Crippen molar-refractivity contribution in [3.63, 3.8) is 0 Å². The molecule has 4 atom stereocenters. The van der Waals surface area contributed by atoms with Crippen molar-refractivity contribution in [1.82, 2.24) is 0 Å². The fourth-order valence-electron chi connectivity index (χ4n) is 6.87. The van der Waals surface area contributed by atoms with E-state index in [1.54, 1.807) is 30.4 Å². The second-order valence-corrected chi connectivity index (χ2v) is 20.0. The zero-order valence-corrected chi connectivity index (χ0v) is 43.3. The number of rotatable bonds is 46. The number of likely N-dealkylation sites (N-methyl/N-ethyl adjacent to an activating group) is 1. The summed E-state index contributed by atoms with van der Waals surface area (Å²) in [6.07, 6.45) is 50.3. The number of aliphatic hydroxyl groups excluding tert-OH is 2. The quantitative estimate of drug-likeness (QED) is 0.0134. The van der Waals surface area contributed by atoms with Gasteiger partial charge in [-0.15, -0.1) is 0 Å². The second-order valence-electron chi connectivity index (χ2n) is 18.6. The molecule has 0 aromatic heterocycles. The minimum Gasteiger partial charge on any atom is -0.462 e. The molecule has 0 saturated heterocycles. The van der Waals surface area contributed by atoms with Gasteiger partial charge in [-0.2, -0.15) is 0 Å². The van der Waals surface area contributed by atoms with Crippen LogP contribution in [-0.2, 0) is 32.7 Å². The molecular weight excluding hydrogens is 854 g/mol. The summed E-state index contributed by atoms with van der Waals surface area (Å²) >= 11 is 0. The Morgan fingerprint density at radius 1 is 0.576 bits per heavy atom. The maximum atomic E-state index is 12.7. The number of nitrogens with zero attached hydrogens (tertiary/aromatic N) is 1. The molecule has 382 valence electrons. The van der Waals surface area contributed by atoms with E-state index in [0.717, 1.165) is 25.7 Å². The summed E-state index contributed by atoms with van der Waals surface area (Å²) in [7, 11) is 1.34. The molecule has 0 aliphatic rings. The van der Waals surface area contributed by atoms with Gasteiger partial charge < -0.3 is 29.1 Å². The number of hydrogen-bond acceptors (Lipinski definition) is 9. The van der Waals surface area contributed by atoms with E-state index in [2.05, 4.69) is 13.8 Å². The van der Waals surface area contributed by atoms with Gasteiger partial charge in [0.15, 0.2) is 6.10 Å². The van der Waals surface area contributed by atoms with Gasteiger partial charge in [0.25, 0.3) is 0 Å². The number of carbonyl (C=O) groups excluding carboxylic acids is 2. The summed E-state index contributed by atoms with van der Waals surface area (Å²) < 4.78 is 34.3. The monoisotopic (exact) mass is 951 g/mol. The van der Waals surface area contributed by atoms with Crippen LogP contribution in [0.5, 0.6) is 0 Å². The van der Waals surface area contributed by atoms with Crippen LogP contribution in [0.25, 0.3) is 0 Å². The summed E-state index contributed by atoms with van der Waals surface area (Å²) in [5.74, 6) is -0.979. The first kappa shape index (κ1) is 63.4. The van der Waals surface area contributed by atoms with E-state index >= 15 is 0 Å². The highest BCUT2D eigenvalue weighted by atomic mass is 31.2. The fourth-order valence-corrected chi connectivity index (χ4v) is 7.61. The average Bonchev–Trinajstić information content (AvgIpc) is 3.26. The van der Waals surface area contributed by atoms with E-state index in [1.165, 1.54) is 109 Å². The highest BCUT2D eigenvalue weighted by Gasteiger charge is 2.27. The van der Waals surface area contributed by atoms with Crippen molar-refractivity contribution >= 4 is 19.8 Å². The standard InChI is InChI=1S/C54H96NO10P/c1-6-8-10-11-12-13-14-15-16-17-18-19-20-21-22-23-24-25-29-32-38-44-53(58)62-48-52(49-64-66(60,61)63-47-46-55(3,4)5)65-54(59)45-39-33-37-43-51(57)42-36-31-28-26-27-30-35-41-50(56)40-34-9-7-2/h9,27-28,30-31,34-37,41-43,50-52,56-57H,6-8,10-26,29,32-33,38-40,44-49H2,1-5H3/p+1/b30-27-,31-28-,34-9-,41-35+,42-36+,43-37-/t50-,51-,52+/m0/s1. The highest BCUT2D eigenvalue weighted by Crippen LogP contribution is 2.43. The average molecular weight is 951 g/mol. The molecule has 0 spiro atoms. The van der Waals surface area contributed by atoms with Crippen LogP contribution >= 0.6 is 7.82 Å². The van der Waals surface area contributed by atoms with Crippen molar-refractivity contribution in [2.75, 3.05) is 47.5 Å². The lowest BCUT2D eigenvalue weighted by Gasteiger charge is -2.24. The van der Waals surface area contributed by atoms with E-state index in [1.807, 2.05) is 63.7 Å². The Hall–Kier alpha value is -2.63. The number of unbranched alkanes of at least 4 members (excludes halogenated alkanes) is 21. The molecule has 0 fully saturated rings. The molecule has 0 aliphatic heterocycles. The van der Waals surface area contributed by atoms with Crippen LogP contribution in [-0.4, -0.2) is 97.3 Å². The summed E-state index contributed by atoms with van der Waals surface area (Å²) in [6.45, 7) is 4.02. The minimum atomic E-state index is -4.44. The summed E-state index contributed by atoms with van der Waals surface area (Å²) in [6, 6.07) is 0. The Kier molecular flexibility index (Phi) is 43.1. The third kappa shape index (κ3) is 47.8. The Balaban J connectivity index is 4.45. The summed E-state index contributed by atoms with van der Waals surface area (Å²) in [4.78, 5) is 35.5. The van der Waals surface area contributed by atoms with Crippen molar-refractivity contribution < 1.29 is 52.3 Å². The van der Waals surface area contributed by atoms with Gasteiger partial charge in [0, 0.05) is 12.8 Å². The van der Waals surface area contributed by atoms with Crippen LogP contribution in [0.15, 0.2) is 72.9 Å². The largest absolute Gasteiger partial charge is 0.472 e. The molecule has 1 unspecified atom stereocenters. The highest BCUT2D eigenvalue weighted by molar-refractivity contribution is 7.47. The Labute approximate surface area is 403 Å². The predicted octanol–water partition coefficient (Wildman–Crippen LogP) is 13.3. The zero-order chi connectivity index (χ0) is 48.8. The molecule has 11 nitrogen and oxygen atoms in total. The summed E-state index contributed by atoms with van der Waals surface area (Å²) in [5, 5.41) is 20.1. The van der Waals surface area contributed by atoms with Gasteiger partial charge in [0.05, 0.1) is 40.0 Å². The van der Waals surface area contributed by atoms with Crippen molar-refractivity contribution in [1.29, 1.82) is 0 Å². The van der Waals surface area contributed by atoms with Gasteiger partial charge in [-0.05, 0) is 38.5 Å². The van der Waals surface area contributed by atoms with Gasteiger partial charge in [-0.3, -0.25) is 18.6 Å². The third-order valence-corrected chi connectivity index (χ3v) is 11.9. The molecule has 66 heavy (non-hydrogen) atoms. The Bertz CT molecular complexity index is 1380. The van der Waals surface area contributed by atoms with E-state index in [9.17, 15) is 29.3 Å². The number of allylic oxidation sites excluding steroid dienone is 8. The molecule has 0 aliphatic carbocycles. The van der Waals surface area contributed by atoms with Gasteiger partial charge >= 0.3 is 19.8 Å².